The number of hydrogen-bond acceptors (Lipinski definition) is 5. The maximum absolute atomic E-state index is 13.4. The van der Waals surface area contributed by atoms with Crippen LogP contribution in [0.25, 0.3) is 17.0 Å². The van der Waals surface area contributed by atoms with Crippen LogP contribution in [0.1, 0.15) is 69.6 Å². The number of rotatable bonds is 5. The third-order valence-corrected chi connectivity index (χ3v) is 6.16. The van der Waals surface area contributed by atoms with Crippen molar-refractivity contribution in [2.24, 2.45) is 5.41 Å². The maximum Gasteiger partial charge on any atom is 0.312 e. The minimum atomic E-state index is -0.636. The average molecular weight is 460 g/mol. The van der Waals surface area contributed by atoms with Crippen molar-refractivity contribution in [3.05, 3.63) is 74.8 Å². The average Bonchev–Trinajstić information content (AvgIpc) is 3.14. The number of anilines is 1. The van der Waals surface area contributed by atoms with Crippen molar-refractivity contribution in [2.75, 3.05) is 5.32 Å². The van der Waals surface area contributed by atoms with E-state index in [2.05, 4.69) is 42.4 Å². The Morgan fingerprint density at radius 3 is 2.68 bits per heavy atom. The molecule has 1 aliphatic rings. The standard InChI is InChI=1S/C28H33N3O3/c1-17(2)13-20-9-7-8-10-23(20)30-24-12-11-19-14-25-22(15-21(19)24)26(32)31(18(3)29-25)16-34-27(33)28(4,5)6/h7-10,13-15,24,30H,11-12,16H2,1-6H3. The molecule has 34 heavy (non-hydrogen) atoms. The zero-order valence-electron chi connectivity index (χ0n) is 20.9. The number of esters is 1. The van der Waals surface area contributed by atoms with Gasteiger partial charge in [0.2, 0.25) is 0 Å². The van der Waals surface area contributed by atoms with Crippen LogP contribution in [0.15, 0.2) is 46.8 Å². The molecule has 0 radical (unpaired) electrons. The summed E-state index contributed by atoms with van der Waals surface area (Å²) in [5.74, 6) is 0.176. The lowest BCUT2D eigenvalue weighted by atomic mass is 9.98. The highest BCUT2D eigenvalue weighted by molar-refractivity contribution is 5.81. The van der Waals surface area contributed by atoms with Crippen molar-refractivity contribution >= 4 is 28.6 Å². The number of hydrogen-bond donors (Lipinski definition) is 1. The normalized spacial score (nSPS) is 15.2. The Kier molecular flexibility index (Phi) is 6.34. The quantitative estimate of drug-likeness (QED) is 0.490. The van der Waals surface area contributed by atoms with Crippen molar-refractivity contribution in [3.63, 3.8) is 0 Å². The summed E-state index contributed by atoms with van der Waals surface area (Å²) in [6, 6.07) is 12.4. The van der Waals surface area contributed by atoms with E-state index in [9.17, 15) is 9.59 Å². The van der Waals surface area contributed by atoms with Gasteiger partial charge in [-0.3, -0.25) is 14.2 Å². The number of carbonyl (C=O) groups is 1. The molecule has 0 aliphatic heterocycles. The van der Waals surface area contributed by atoms with Crippen molar-refractivity contribution in [3.8, 4) is 0 Å². The first-order valence-electron chi connectivity index (χ1n) is 11.8. The van der Waals surface area contributed by atoms with E-state index in [0.717, 1.165) is 29.7 Å². The Balaban J connectivity index is 1.69. The van der Waals surface area contributed by atoms with Crippen molar-refractivity contribution in [1.29, 1.82) is 0 Å². The smallest absolute Gasteiger partial charge is 0.312 e. The predicted molar refractivity (Wildman–Crippen MR) is 137 cm³/mol. The summed E-state index contributed by atoms with van der Waals surface area (Å²) in [4.78, 5) is 30.2. The van der Waals surface area contributed by atoms with Gasteiger partial charge in [-0.1, -0.05) is 29.8 Å². The molecule has 4 rings (SSSR count). The summed E-state index contributed by atoms with van der Waals surface area (Å²) in [5.41, 5.74) is 5.67. The third-order valence-electron chi connectivity index (χ3n) is 6.16. The van der Waals surface area contributed by atoms with Crippen molar-refractivity contribution < 1.29 is 9.53 Å². The molecule has 0 spiro atoms. The van der Waals surface area contributed by atoms with Gasteiger partial charge in [0.25, 0.3) is 5.56 Å². The second-order valence-electron chi connectivity index (χ2n) is 10.3. The van der Waals surface area contributed by atoms with E-state index in [4.69, 9.17) is 4.74 Å². The van der Waals surface area contributed by atoms with E-state index >= 15 is 0 Å². The second-order valence-corrected chi connectivity index (χ2v) is 10.3. The molecule has 1 heterocycles. The molecule has 0 saturated carbocycles. The first kappa shape index (κ1) is 23.7. The molecule has 3 aromatic rings. The van der Waals surface area contributed by atoms with Crippen LogP contribution in [-0.4, -0.2) is 15.5 Å². The molecule has 0 amide bonds. The van der Waals surface area contributed by atoms with Crippen LogP contribution >= 0.6 is 0 Å². The van der Waals surface area contributed by atoms with Gasteiger partial charge in [0.15, 0.2) is 6.73 Å². The van der Waals surface area contributed by atoms with E-state index in [-0.39, 0.29) is 24.3 Å². The fourth-order valence-corrected chi connectivity index (χ4v) is 4.33. The van der Waals surface area contributed by atoms with Crippen LogP contribution in [0.2, 0.25) is 0 Å². The fourth-order valence-electron chi connectivity index (χ4n) is 4.33. The van der Waals surface area contributed by atoms with E-state index in [1.807, 2.05) is 24.3 Å². The number of carbonyl (C=O) groups excluding carboxylic acids is 1. The van der Waals surface area contributed by atoms with Gasteiger partial charge >= 0.3 is 5.97 Å². The topological polar surface area (TPSA) is 73.2 Å². The highest BCUT2D eigenvalue weighted by atomic mass is 16.5. The summed E-state index contributed by atoms with van der Waals surface area (Å²) in [6.45, 7) is 11.2. The van der Waals surface area contributed by atoms with Crippen molar-refractivity contribution in [1.82, 2.24) is 9.55 Å². The molecule has 0 saturated heterocycles. The summed E-state index contributed by atoms with van der Waals surface area (Å²) in [7, 11) is 0. The van der Waals surface area contributed by atoms with Crippen LogP contribution in [0.4, 0.5) is 5.69 Å². The number of para-hydroxylation sites is 1. The lowest BCUT2D eigenvalue weighted by Crippen LogP contribution is -2.30. The summed E-state index contributed by atoms with van der Waals surface area (Å²) in [5, 5.41) is 4.24. The van der Waals surface area contributed by atoms with Crippen LogP contribution in [0.5, 0.6) is 0 Å². The van der Waals surface area contributed by atoms with Gasteiger partial charge in [0.1, 0.15) is 5.82 Å². The Morgan fingerprint density at radius 1 is 1.24 bits per heavy atom. The van der Waals surface area contributed by atoms with Gasteiger partial charge in [0.05, 0.1) is 22.4 Å². The van der Waals surface area contributed by atoms with Gasteiger partial charge in [-0.25, -0.2) is 4.98 Å². The SMILES string of the molecule is CC(C)=Cc1ccccc1NC1CCc2cc3nc(C)n(COC(=O)C(C)(C)C)c(=O)c3cc21. The second kappa shape index (κ2) is 9.09. The summed E-state index contributed by atoms with van der Waals surface area (Å²) in [6.07, 6.45) is 4.05. The molecule has 0 fully saturated rings. The minimum absolute atomic E-state index is 0.110. The number of nitrogens with one attached hydrogen (secondary N) is 1. The highest BCUT2D eigenvalue weighted by Gasteiger charge is 2.26. The van der Waals surface area contributed by atoms with Gasteiger partial charge in [-0.2, -0.15) is 0 Å². The molecular weight excluding hydrogens is 426 g/mol. The molecule has 178 valence electrons. The first-order chi connectivity index (χ1) is 16.0. The number of fused-ring (bicyclic) bond motifs is 2. The number of nitrogens with zero attached hydrogens (tertiary/aromatic N) is 2. The minimum Gasteiger partial charge on any atom is -0.443 e. The Bertz CT molecular complexity index is 1340. The number of allylic oxidation sites excluding steroid dienone is 1. The molecule has 1 atom stereocenters. The van der Waals surface area contributed by atoms with Gasteiger partial charge in [-0.15, -0.1) is 0 Å². The van der Waals surface area contributed by atoms with Crippen LogP contribution < -0.4 is 10.9 Å². The van der Waals surface area contributed by atoms with E-state index in [1.54, 1.807) is 27.7 Å². The molecule has 1 aromatic heterocycles. The molecule has 6 heteroatoms. The molecule has 6 nitrogen and oxygen atoms in total. The molecule has 2 aromatic carbocycles. The zero-order chi connectivity index (χ0) is 24.6. The van der Waals surface area contributed by atoms with E-state index < -0.39 is 5.41 Å². The lowest BCUT2D eigenvalue weighted by molar-refractivity contribution is -0.157. The Morgan fingerprint density at radius 2 is 1.97 bits per heavy atom. The highest BCUT2D eigenvalue weighted by Crippen LogP contribution is 2.36. The first-order valence-corrected chi connectivity index (χ1v) is 11.8. The number of aromatic nitrogens is 2. The largest absolute Gasteiger partial charge is 0.443 e. The van der Waals surface area contributed by atoms with Crippen LogP contribution in [0.3, 0.4) is 0 Å². The zero-order valence-corrected chi connectivity index (χ0v) is 20.9. The Labute approximate surface area is 200 Å². The third kappa shape index (κ3) is 4.76. The predicted octanol–water partition coefficient (Wildman–Crippen LogP) is 5.77. The fraction of sp³-hybridized carbons (Fsp3) is 0.393. The van der Waals surface area contributed by atoms with Crippen LogP contribution in [0, 0.1) is 12.3 Å². The summed E-state index contributed by atoms with van der Waals surface area (Å²) >= 11 is 0. The lowest BCUT2D eigenvalue weighted by Gasteiger charge is -2.19. The van der Waals surface area contributed by atoms with E-state index in [0.29, 0.717) is 16.7 Å². The number of ether oxygens (including phenoxy) is 1. The van der Waals surface area contributed by atoms with Crippen molar-refractivity contribution in [2.45, 2.75) is 67.2 Å². The molecule has 1 aliphatic carbocycles. The van der Waals surface area contributed by atoms with Crippen LogP contribution in [-0.2, 0) is 22.7 Å². The number of aryl methyl sites for hydroxylation is 2. The molecule has 0 bridgehead atoms. The van der Waals surface area contributed by atoms with Gasteiger partial charge in [-0.05, 0) is 89.3 Å². The number of benzene rings is 2. The van der Waals surface area contributed by atoms with E-state index in [1.165, 1.54) is 15.7 Å². The van der Waals surface area contributed by atoms with Gasteiger partial charge < -0.3 is 10.1 Å². The van der Waals surface area contributed by atoms with Gasteiger partial charge in [0, 0.05) is 5.69 Å². The molecular formula is C28H33N3O3. The molecule has 1 N–H and O–H groups in total. The monoisotopic (exact) mass is 459 g/mol. The maximum atomic E-state index is 13.4. The Hall–Kier alpha value is -3.41. The molecule has 1 unspecified atom stereocenters. The summed E-state index contributed by atoms with van der Waals surface area (Å²) < 4.78 is 6.84.